The molecule has 38 heavy (non-hydrogen) atoms. The summed E-state index contributed by atoms with van der Waals surface area (Å²) in [5.74, 6) is 2.62. The number of nitrogens with two attached hydrogens (primary N) is 1. The minimum atomic E-state index is -2.94. The topological polar surface area (TPSA) is 116 Å². The molecule has 0 radical (unpaired) electrons. The molecule has 3 aromatic carbocycles. The van der Waals surface area contributed by atoms with Gasteiger partial charge in [0.1, 0.15) is 33.8 Å². The van der Waals surface area contributed by atoms with Gasteiger partial charge in [-0.25, -0.2) is 18.4 Å². The molecule has 8 nitrogen and oxygen atoms in total. The van der Waals surface area contributed by atoms with Crippen LogP contribution in [0.1, 0.15) is 24.0 Å². The predicted octanol–water partition coefficient (Wildman–Crippen LogP) is 4.42. The highest BCUT2D eigenvalue weighted by Gasteiger charge is 2.13. The third kappa shape index (κ3) is 7.66. The summed E-state index contributed by atoms with van der Waals surface area (Å²) in [6, 6.07) is 21.6. The average molecular weight is 535 g/mol. The molecule has 0 unspecified atom stereocenters. The third-order valence-corrected chi connectivity index (χ3v) is 7.13. The molecular weight excluding hydrogens is 500 g/mol. The molecule has 0 aliphatic heterocycles. The van der Waals surface area contributed by atoms with Crippen LogP contribution in [0.4, 0.5) is 5.82 Å². The van der Waals surface area contributed by atoms with Crippen molar-refractivity contribution in [3.8, 4) is 22.9 Å². The maximum atomic E-state index is 11.2. The quantitative estimate of drug-likeness (QED) is 0.242. The van der Waals surface area contributed by atoms with Crippen LogP contribution in [0.15, 0.2) is 66.7 Å². The van der Waals surface area contributed by atoms with Crippen LogP contribution in [0.5, 0.6) is 11.5 Å². The van der Waals surface area contributed by atoms with E-state index in [1.165, 1.54) is 6.26 Å². The highest BCUT2D eigenvalue weighted by atomic mass is 32.2. The Hall–Kier alpha value is -3.69. The highest BCUT2D eigenvalue weighted by Crippen LogP contribution is 2.31. The van der Waals surface area contributed by atoms with Crippen molar-refractivity contribution in [2.75, 3.05) is 37.9 Å². The van der Waals surface area contributed by atoms with Crippen LogP contribution in [0.2, 0.25) is 0 Å². The molecule has 0 fully saturated rings. The minimum Gasteiger partial charge on any atom is -0.496 e. The molecule has 0 amide bonds. The fourth-order valence-electron chi connectivity index (χ4n) is 4.13. The molecule has 0 saturated carbocycles. The number of anilines is 1. The number of hydrogen-bond acceptors (Lipinski definition) is 8. The largest absolute Gasteiger partial charge is 0.496 e. The number of benzene rings is 3. The van der Waals surface area contributed by atoms with Crippen LogP contribution in [-0.4, -0.2) is 50.6 Å². The van der Waals surface area contributed by atoms with Crippen LogP contribution >= 0.6 is 0 Å². The number of fused-ring (bicyclic) bond motifs is 1. The monoisotopic (exact) mass is 534 g/mol. The van der Waals surface area contributed by atoms with E-state index in [0.717, 1.165) is 64.9 Å². The van der Waals surface area contributed by atoms with Gasteiger partial charge in [-0.15, -0.1) is 0 Å². The molecule has 0 atom stereocenters. The van der Waals surface area contributed by atoms with Gasteiger partial charge >= 0.3 is 0 Å². The van der Waals surface area contributed by atoms with Crippen molar-refractivity contribution < 1.29 is 17.9 Å². The van der Waals surface area contributed by atoms with Crippen molar-refractivity contribution >= 4 is 26.6 Å². The normalized spacial score (nSPS) is 11.5. The Morgan fingerprint density at radius 1 is 0.947 bits per heavy atom. The van der Waals surface area contributed by atoms with Gasteiger partial charge in [-0.2, -0.15) is 0 Å². The average Bonchev–Trinajstić information content (AvgIpc) is 2.91. The lowest BCUT2D eigenvalue weighted by Crippen LogP contribution is -2.23. The summed E-state index contributed by atoms with van der Waals surface area (Å²) >= 11 is 0. The standard InChI is InChI=1S/C29H34N4O4S/c1-36-27-19-25-26(18-23(27)10-6-7-15-31-16-17-38(2,34)35)32-29(33-28(25)30)22-11-13-24(14-12-22)37-20-21-8-4-3-5-9-21/h3-5,8-9,11-14,18-19,31H,6-7,10,15-17,20H2,1-2H3,(H2,30,32,33). The summed E-state index contributed by atoms with van der Waals surface area (Å²) in [4.78, 5) is 9.34. The van der Waals surface area contributed by atoms with Gasteiger partial charge in [0.2, 0.25) is 0 Å². The number of aryl methyl sites for hydroxylation is 1. The van der Waals surface area contributed by atoms with Crippen LogP contribution in [-0.2, 0) is 22.9 Å². The van der Waals surface area contributed by atoms with Crippen LogP contribution < -0.4 is 20.5 Å². The molecule has 4 aromatic rings. The van der Waals surface area contributed by atoms with Gasteiger partial charge in [-0.1, -0.05) is 30.3 Å². The summed E-state index contributed by atoms with van der Waals surface area (Å²) in [5.41, 5.74) is 10.1. The summed E-state index contributed by atoms with van der Waals surface area (Å²) < 4.78 is 34.0. The number of nitrogens with zero attached hydrogens (tertiary/aromatic N) is 2. The molecule has 9 heteroatoms. The van der Waals surface area contributed by atoms with Gasteiger partial charge in [0.05, 0.1) is 18.4 Å². The first-order valence-corrected chi connectivity index (χ1v) is 14.7. The van der Waals surface area contributed by atoms with Crippen molar-refractivity contribution in [2.24, 2.45) is 0 Å². The second-order valence-corrected chi connectivity index (χ2v) is 11.5. The third-order valence-electron chi connectivity index (χ3n) is 6.19. The molecule has 0 aliphatic carbocycles. The molecule has 3 N–H and O–H groups in total. The molecule has 200 valence electrons. The van der Waals surface area contributed by atoms with Gasteiger partial charge in [-0.05, 0) is 73.3 Å². The number of sulfone groups is 1. The van der Waals surface area contributed by atoms with E-state index >= 15 is 0 Å². The number of ether oxygens (including phenoxy) is 2. The summed E-state index contributed by atoms with van der Waals surface area (Å²) in [6.07, 6.45) is 3.89. The molecule has 1 heterocycles. The van der Waals surface area contributed by atoms with E-state index in [2.05, 4.69) is 10.3 Å². The fourth-order valence-corrected chi connectivity index (χ4v) is 4.64. The molecule has 0 saturated heterocycles. The predicted molar refractivity (Wildman–Crippen MR) is 152 cm³/mol. The zero-order valence-corrected chi connectivity index (χ0v) is 22.6. The van der Waals surface area contributed by atoms with Crippen molar-refractivity contribution in [1.29, 1.82) is 0 Å². The summed E-state index contributed by atoms with van der Waals surface area (Å²) in [6.45, 7) is 1.73. The van der Waals surface area contributed by atoms with Crippen molar-refractivity contribution in [3.63, 3.8) is 0 Å². The molecule has 0 aliphatic rings. The van der Waals surface area contributed by atoms with E-state index in [1.54, 1.807) is 7.11 Å². The number of rotatable bonds is 13. The van der Waals surface area contributed by atoms with Gasteiger partial charge in [0.15, 0.2) is 5.82 Å². The Bertz CT molecular complexity index is 1460. The fraction of sp³-hybridized carbons (Fsp3) is 0.310. The van der Waals surface area contributed by atoms with E-state index in [4.69, 9.17) is 20.2 Å². The Morgan fingerprint density at radius 3 is 2.42 bits per heavy atom. The van der Waals surface area contributed by atoms with E-state index in [0.29, 0.717) is 24.8 Å². The van der Waals surface area contributed by atoms with Gasteiger partial charge in [0, 0.05) is 23.8 Å². The van der Waals surface area contributed by atoms with E-state index in [-0.39, 0.29) is 5.75 Å². The first-order valence-electron chi connectivity index (χ1n) is 12.6. The number of aromatic nitrogens is 2. The molecule has 0 bridgehead atoms. The number of hydrogen-bond donors (Lipinski definition) is 2. The zero-order chi connectivity index (χ0) is 27.0. The molecule has 0 spiro atoms. The van der Waals surface area contributed by atoms with Crippen molar-refractivity contribution in [1.82, 2.24) is 15.3 Å². The maximum Gasteiger partial charge on any atom is 0.162 e. The van der Waals surface area contributed by atoms with Gasteiger partial charge in [-0.3, -0.25) is 0 Å². The van der Waals surface area contributed by atoms with Gasteiger partial charge in [0.25, 0.3) is 0 Å². The Labute approximate surface area is 224 Å². The lowest BCUT2D eigenvalue weighted by atomic mass is 10.0. The lowest BCUT2D eigenvalue weighted by molar-refractivity contribution is 0.306. The lowest BCUT2D eigenvalue weighted by Gasteiger charge is -2.13. The highest BCUT2D eigenvalue weighted by molar-refractivity contribution is 7.90. The molecule has 4 rings (SSSR count). The first kappa shape index (κ1) is 27.3. The maximum absolute atomic E-state index is 11.2. The zero-order valence-electron chi connectivity index (χ0n) is 21.8. The Balaban J connectivity index is 1.43. The van der Waals surface area contributed by atoms with E-state index in [1.807, 2.05) is 66.7 Å². The van der Waals surface area contributed by atoms with Gasteiger partial charge < -0.3 is 20.5 Å². The second-order valence-electron chi connectivity index (χ2n) is 9.25. The summed E-state index contributed by atoms with van der Waals surface area (Å²) in [7, 11) is -1.30. The van der Waals surface area contributed by atoms with Crippen molar-refractivity contribution in [3.05, 3.63) is 77.9 Å². The number of unbranched alkanes of at least 4 members (excludes halogenated alkanes) is 1. The Morgan fingerprint density at radius 2 is 1.71 bits per heavy atom. The SMILES string of the molecule is COc1cc2c(N)nc(-c3ccc(OCc4ccccc4)cc3)nc2cc1CCCCNCCS(C)(=O)=O. The minimum absolute atomic E-state index is 0.151. The van der Waals surface area contributed by atoms with Crippen LogP contribution in [0.3, 0.4) is 0 Å². The second kappa shape index (κ2) is 12.7. The van der Waals surface area contributed by atoms with E-state index < -0.39 is 9.84 Å². The number of nitrogens with one attached hydrogen (secondary N) is 1. The molecule has 1 aromatic heterocycles. The molecular formula is C29H34N4O4S. The summed E-state index contributed by atoms with van der Waals surface area (Å²) in [5, 5.41) is 3.93. The van der Waals surface area contributed by atoms with Crippen LogP contribution in [0, 0.1) is 0 Å². The van der Waals surface area contributed by atoms with Crippen molar-refractivity contribution in [2.45, 2.75) is 25.9 Å². The smallest absolute Gasteiger partial charge is 0.162 e. The van der Waals surface area contributed by atoms with Crippen LogP contribution in [0.25, 0.3) is 22.3 Å². The first-order chi connectivity index (χ1) is 18.3. The van der Waals surface area contributed by atoms with E-state index in [9.17, 15) is 8.42 Å². The Kier molecular flexibility index (Phi) is 9.15. The number of methoxy groups -OCH3 is 1. The number of nitrogen functional groups attached to an aromatic ring is 1.